The van der Waals surface area contributed by atoms with Gasteiger partial charge in [0.25, 0.3) is 0 Å². The number of carbonyl (C=O) groups excluding carboxylic acids is 1. The number of allylic oxidation sites excluding steroid dienone is 2. The molecule has 3 unspecified atom stereocenters. The SMILES string of the molecule is CCCC/C=C\CCC[N+](CCC(C)C(=O)[O-])(CCC(C)C(=O)O)CCC(C)C(=O)O. The maximum atomic E-state index is 11.3. The van der Waals surface area contributed by atoms with E-state index >= 15 is 0 Å². The molecular formula is C24H43NO6. The van der Waals surface area contributed by atoms with Crippen molar-refractivity contribution in [1.29, 1.82) is 0 Å². The smallest absolute Gasteiger partial charge is 0.306 e. The van der Waals surface area contributed by atoms with Gasteiger partial charge in [0, 0.05) is 37.6 Å². The lowest BCUT2D eigenvalue weighted by molar-refractivity contribution is -0.929. The second kappa shape index (κ2) is 15.8. The molecule has 0 aliphatic carbocycles. The first kappa shape index (κ1) is 29.1. The van der Waals surface area contributed by atoms with Crippen LogP contribution >= 0.6 is 0 Å². The zero-order chi connectivity index (χ0) is 23.9. The molecule has 0 aliphatic rings. The number of carbonyl (C=O) groups is 3. The van der Waals surface area contributed by atoms with Crippen LogP contribution in [-0.4, -0.2) is 58.8 Å². The molecule has 0 aliphatic heterocycles. The molecule has 0 amide bonds. The topological polar surface area (TPSA) is 115 Å². The van der Waals surface area contributed by atoms with E-state index in [9.17, 15) is 29.7 Å². The number of aliphatic carboxylic acids is 3. The van der Waals surface area contributed by atoms with Gasteiger partial charge in [-0.15, -0.1) is 0 Å². The Labute approximate surface area is 187 Å². The fraction of sp³-hybridized carbons (Fsp3) is 0.792. The highest BCUT2D eigenvalue weighted by atomic mass is 16.4. The predicted octanol–water partition coefficient (Wildman–Crippen LogP) is 3.33. The summed E-state index contributed by atoms with van der Waals surface area (Å²) in [5, 5.41) is 29.8. The molecule has 0 aromatic carbocycles. The molecule has 0 fully saturated rings. The third kappa shape index (κ3) is 13.2. The minimum atomic E-state index is -1.09. The normalized spacial score (nSPS) is 16.5. The van der Waals surface area contributed by atoms with E-state index in [2.05, 4.69) is 19.1 Å². The third-order valence-electron chi connectivity index (χ3n) is 6.25. The third-order valence-corrected chi connectivity index (χ3v) is 6.25. The highest BCUT2D eigenvalue weighted by Crippen LogP contribution is 2.21. The quantitative estimate of drug-likeness (QED) is 0.180. The van der Waals surface area contributed by atoms with Gasteiger partial charge in [0.1, 0.15) is 0 Å². The predicted molar refractivity (Wildman–Crippen MR) is 119 cm³/mol. The number of nitrogens with zero attached hydrogens (tertiary/aromatic N) is 1. The summed E-state index contributed by atoms with van der Waals surface area (Å²) in [6.45, 7) is 9.68. The first-order valence-electron chi connectivity index (χ1n) is 11.7. The summed E-state index contributed by atoms with van der Waals surface area (Å²) >= 11 is 0. The number of carboxylic acids is 3. The maximum absolute atomic E-state index is 11.3. The standard InChI is InChI=1S/C24H43NO6/c1-5-6-7-8-9-10-11-15-25(16-12-19(2)22(26)27,17-13-20(3)23(28)29)18-14-21(4)24(30)31/h8-9,19-21H,5-7,10-18H2,1-4H3,(H2-,26,27,28,29,30,31)/b9-8-. The molecule has 0 radical (unpaired) electrons. The van der Waals surface area contributed by atoms with E-state index in [-0.39, 0.29) is 0 Å². The van der Waals surface area contributed by atoms with E-state index in [1.165, 1.54) is 0 Å². The van der Waals surface area contributed by atoms with Gasteiger partial charge in [0.15, 0.2) is 0 Å². The molecule has 0 aromatic rings. The Morgan fingerprint density at radius 3 is 1.58 bits per heavy atom. The molecule has 0 bridgehead atoms. The Kier molecular flexibility index (Phi) is 14.9. The largest absolute Gasteiger partial charge is 0.550 e. The molecule has 0 spiro atoms. The molecular weight excluding hydrogens is 398 g/mol. The molecule has 180 valence electrons. The van der Waals surface area contributed by atoms with E-state index in [0.717, 1.165) is 38.6 Å². The molecule has 7 nitrogen and oxygen atoms in total. The van der Waals surface area contributed by atoms with Crippen LogP contribution in [0.25, 0.3) is 0 Å². The van der Waals surface area contributed by atoms with E-state index in [4.69, 9.17) is 0 Å². The Balaban J connectivity index is 5.35. The first-order chi connectivity index (χ1) is 14.5. The summed E-state index contributed by atoms with van der Waals surface area (Å²) in [6.07, 6.45) is 10.9. The van der Waals surface area contributed by atoms with Gasteiger partial charge in [0.2, 0.25) is 0 Å². The van der Waals surface area contributed by atoms with Crippen molar-refractivity contribution in [2.24, 2.45) is 17.8 Å². The molecule has 0 saturated carbocycles. The molecule has 0 heterocycles. The van der Waals surface area contributed by atoms with E-state index in [1.54, 1.807) is 20.8 Å². The van der Waals surface area contributed by atoms with E-state index in [1.807, 2.05) is 0 Å². The first-order valence-corrected chi connectivity index (χ1v) is 11.7. The highest BCUT2D eigenvalue weighted by molar-refractivity contribution is 5.69. The lowest BCUT2D eigenvalue weighted by Crippen LogP contribution is -2.52. The van der Waals surface area contributed by atoms with Gasteiger partial charge in [-0.25, -0.2) is 0 Å². The minimum absolute atomic E-state index is 0.428. The Morgan fingerprint density at radius 1 is 0.774 bits per heavy atom. The average Bonchev–Trinajstić information content (AvgIpc) is 2.72. The monoisotopic (exact) mass is 441 g/mol. The second-order valence-electron chi connectivity index (χ2n) is 9.06. The summed E-state index contributed by atoms with van der Waals surface area (Å²) in [5.41, 5.74) is 0. The number of hydrogen-bond donors (Lipinski definition) is 2. The Bertz CT molecular complexity index is 515. The maximum Gasteiger partial charge on any atom is 0.306 e. The summed E-state index contributed by atoms with van der Waals surface area (Å²) in [4.78, 5) is 33.9. The summed E-state index contributed by atoms with van der Waals surface area (Å²) in [5.74, 6) is -4.38. The van der Waals surface area contributed by atoms with Crippen LogP contribution in [0.15, 0.2) is 12.2 Å². The number of quaternary nitrogens is 1. The van der Waals surface area contributed by atoms with E-state index in [0.29, 0.717) is 43.4 Å². The summed E-state index contributed by atoms with van der Waals surface area (Å²) < 4.78 is 0.551. The number of hydrogen-bond acceptors (Lipinski definition) is 4. The fourth-order valence-corrected chi connectivity index (χ4v) is 3.54. The van der Waals surface area contributed by atoms with Crippen molar-refractivity contribution in [2.45, 2.75) is 79.1 Å². The lowest BCUT2D eigenvalue weighted by Gasteiger charge is -2.41. The Hall–Kier alpha value is -1.89. The molecule has 0 saturated heterocycles. The van der Waals surface area contributed by atoms with Gasteiger partial charge in [-0.05, 0) is 12.8 Å². The molecule has 31 heavy (non-hydrogen) atoms. The molecule has 2 N–H and O–H groups in total. The average molecular weight is 442 g/mol. The van der Waals surface area contributed by atoms with Crippen LogP contribution in [0, 0.1) is 17.8 Å². The van der Waals surface area contributed by atoms with Crippen LogP contribution in [0.3, 0.4) is 0 Å². The fourth-order valence-electron chi connectivity index (χ4n) is 3.54. The van der Waals surface area contributed by atoms with Crippen molar-refractivity contribution in [3.8, 4) is 0 Å². The van der Waals surface area contributed by atoms with Gasteiger partial charge >= 0.3 is 11.9 Å². The van der Waals surface area contributed by atoms with E-state index < -0.39 is 35.7 Å². The van der Waals surface area contributed by atoms with Crippen molar-refractivity contribution >= 4 is 17.9 Å². The van der Waals surface area contributed by atoms with Crippen molar-refractivity contribution in [3.05, 3.63) is 12.2 Å². The zero-order valence-electron chi connectivity index (χ0n) is 19.8. The van der Waals surface area contributed by atoms with Crippen LogP contribution in [0.4, 0.5) is 0 Å². The van der Waals surface area contributed by atoms with Gasteiger partial charge in [0.05, 0.1) is 38.0 Å². The molecule has 7 heteroatoms. The van der Waals surface area contributed by atoms with Crippen molar-refractivity contribution in [2.75, 3.05) is 26.2 Å². The molecule has 0 aromatic heterocycles. The van der Waals surface area contributed by atoms with Crippen LogP contribution in [0.1, 0.15) is 79.1 Å². The van der Waals surface area contributed by atoms with Gasteiger partial charge < -0.3 is 24.6 Å². The Morgan fingerprint density at radius 2 is 1.19 bits per heavy atom. The summed E-state index contributed by atoms with van der Waals surface area (Å²) in [7, 11) is 0. The van der Waals surface area contributed by atoms with Crippen LogP contribution in [0.5, 0.6) is 0 Å². The van der Waals surface area contributed by atoms with Crippen molar-refractivity contribution in [1.82, 2.24) is 0 Å². The number of carboxylic acid groups (broad SMARTS) is 3. The second-order valence-corrected chi connectivity index (χ2v) is 9.06. The van der Waals surface area contributed by atoms with Crippen LogP contribution < -0.4 is 5.11 Å². The number of unbranched alkanes of at least 4 members (excludes halogenated alkanes) is 3. The lowest BCUT2D eigenvalue weighted by atomic mass is 10.0. The minimum Gasteiger partial charge on any atom is -0.550 e. The highest BCUT2D eigenvalue weighted by Gasteiger charge is 2.30. The summed E-state index contributed by atoms with van der Waals surface area (Å²) in [6, 6.07) is 0. The van der Waals surface area contributed by atoms with Gasteiger partial charge in [-0.1, -0.05) is 52.7 Å². The molecule has 0 rings (SSSR count). The van der Waals surface area contributed by atoms with Gasteiger partial charge in [-0.2, -0.15) is 0 Å². The zero-order valence-corrected chi connectivity index (χ0v) is 19.8. The molecule has 3 atom stereocenters. The van der Waals surface area contributed by atoms with Crippen molar-refractivity contribution in [3.63, 3.8) is 0 Å². The van der Waals surface area contributed by atoms with Gasteiger partial charge in [-0.3, -0.25) is 9.59 Å². The van der Waals surface area contributed by atoms with Crippen molar-refractivity contribution < 1.29 is 34.2 Å². The van der Waals surface area contributed by atoms with Crippen LogP contribution in [-0.2, 0) is 14.4 Å². The van der Waals surface area contributed by atoms with Crippen LogP contribution in [0.2, 0.25) is 0 Å². The number of rotatable bonds is 19.